The predicted molar refractivity (Wildman–Crippen MR) is 117 cm³/mol. The third kappa shape index (κ3) is 6.58. The van der Waals surface area contributed by atoms with Gasteiger partial charge < -0.3 is 30.0 Å². The van der Waals surface area contributed by atoms with Crippen molar-refractivity contribution >= 4 is 33.6 Å². The zero-order chi connectivity index (χ0) is 24.0. The summed E-state index contributed by atoms with van der Waals surface area (Å²) in [6.07, 6.45) is -0.727. The highest BCUT2D eigenvalue weighted by molar-refractivity contribution is 9.10. The lowest BCUT2D eigenvalue weighted by Crippen LogP contribution is -2.40. The fourth-order valence-corrected chi connectivity index (χ4v) is 3.04. The molecule has 3 aromatic rings. The van der Waals surface area contributed by atoms with Crippen molar-refractivity contribution in [1.82, 2.24) is 30.6 Å². The first kappa shape index (κ1) is 23.8. The van der Waals surface area contributed by atoms with Gasteiger partial charge in [0, 0.05) is 17.6 Å². The Morgan fingerprint density at radius 2 is 2.06 bits per heavy atom. The van der Waals surface area contributed by atoms with E-state index < -0.39 is 16.9 Å². The van der Waals surface area contributed by atoms with Crippen LogP contribution in [0.15, 0.2) is 39.3 Å². The molecule has 33 heavy (non-hydrogen) atoms. The van der Waals surface area contributed by atoms with Gasteiger partial charge in [0.25, 0.3) is 5.91 Å². The average molecular weight is 522 g/mol. The normalized spacial score (nSPS) is 11.6. The molecule has 0 radical (unpaired) electrons. The zero-order valence-electron chi connectivity index (χ0n) is 17.6. The Morgan fingerprint density at radius 1 is 1.30 bits per heavy atom. The summed E-state index contributed by atoms with van der Waals surface area (Å²) >= 11 is 3.33. The van der Waals surface area contributed by atoms with E-state index in [-0.39, 0.29) is 43.1 Å². The summed E-state index contributed by atoms with van der Waals surface area (Å²) in [5.41, 5.74) is 0.534. The van der Waals surface area contributed by atoms with Crippen molar-refractivity contribution in [3.05, 3.63) is 62.3 Å². The molecule has 2 N–H and O–H groups in total. The maximum absolute atomic E-state index is 12.2. The van der Waals surface area contributed by atoms with Crippen molar-refractivity contribution in [2.45, 2.75) is 26.5 Å². The van der Waals surface area contributed by atoms with Crippen LogP contribution < -0.4 is 15.4 Å². The van der Waals surface area contributed by atoms with Crippen LogP contribution in [-0.2, 0) is 11.3 Å². The summed E-state index contributed by atoms with van der Waals surface area (Å²) in [5, 5.41) is 23.5. The number of aryl methyl sites for hydroxylation is 1. The molecule has 0 saturated heterocycles. The first-order valence-electron chi connectivity index (χ1n) is 9.72. The molecule has 13 nitrogen and oxygen atoms in total. The maximum Gasteiger partial charge on any atom is 0.390 e. The van der Waals surface area contributed by atoms with Crippen molar-refractivity contribution in [3.8, 4) is 5.75 Å². The summed E-state index contributed by atoms with van der Waals surface area (Å²) in [4.78, 5) is 38.5. The van der Waals surface area contributed by atoms with Crippen LogP contribution in [0, 0.1) is 17.0 Å². The first-order valence-corrected chi connectivity index (χ1v) is 10.5. The quantitative estimate of drug-likeness (QED) is 0.228. The topological polar surface area (TPSA) is 167 Å². The van der Waals surface area contributed by atoms with Gasteiger partial charge in [0.15, 0.2) is 11.9 Å². The second-order valence-corrected chi connectivity index (χ2v) is 7.75. The number of carbonyl (C=O) groups is 2. The molecule has 3 rings (SSSR count). The zero-order valence-corrected chi connectivity index (χ0v) is 19.2. The SMILES string of the molecule is Cc1cc([N+](=O)[O-])nn1Cc1noc(C(=O)NCCNC(=O)C(C)Oc2cccc(Br)c2)n1. The summed E-state index contributed by atoms with van der Waals surface area (Å²) in [7, 11) is 0. The Hall–Kier alpha value is -3.81. The molecular formula is C19H20BrN7O6. The van der Waals surface area contributed by atoms with Gasteiger partial charge in [-0.25, -0.2) is 0 Å². The van der Waals surface area contributed by atoms with Gasteiger partial charge in [-0.15, -0.1) is 0 Å². The van der Waals surface area contributed by atoms with Crippen molar-refractivity contribution in [3.63, 3.8) is 0 Å². The second kappa shape index (κ2) is 10.7. The number of hydrogen-bond donors (Lipinski definition) is 2. The van der Waals surface area contributed by atoms with Gasteiger partial charge in [-0.1, -0.05) is 27.2 Å². The Balaban J connectivity index is 1.42. The lowest BCUT2D eigenvalue weighted by atomic mass is 10.3. The molecule has 0 aliphatic heterocycles. The number of halogens is 1. The number of nitro groups is 1. The van der Waals surface area contributed by atoms with E-state index in [1.54, 1.807) is 32.0 Å². The third-order valence-electron chi connectivity index (χ3n) is 4.30. The fraction of sp³-hybridized carbons (Fsp3) is 0.316. The highest BCUT2D eigenvalue weighted by Crippen LogP contribution is 2.18. The van der Waals surface area contributed by atoms with Gasteiger partial charge in [0.1, 0.15) is 12.3 Å². The van der Waals surface area contributed by atoms with Crippen LogP contribution in [0.2, 0.25) is 0 Å². The molecule has 0 aliphatic rings. The highest BCUT2D eigenvalue weighted by Gasteiger charge is 2.20. The molecule has 1 atom stereocenters. The first-order chi connectivity index (χ1) is 15.7. The smallest absolute Gasteiger partial charge is 0.390 e. The van der Waals surface area contributed by atoms with Crippen LogP contribution in [-0.4, -0.2) is 55.9 Å². The average Bonchev–Trinajstić information content (AvgIpc) is 3.38. The van der Waals surface area contributed by atoms with Gasteiger partial charge in [-0.05, 0) is 37.0 Å². The van der Waals surface area contributed by atoms with Crippen molar-refractivity contribution in [2.24, 2.45) is 0 Å². The number of aromatic nitrogens is 4. The molecule has 0 aliphatic carbocycles. The van der Waals surface area contributed by atoms with Crippen LogP contribution in [0.5, 0.6) is 5.75 Å². The second-order valence-electron chi connectivity index (χ2n) is 6.84. The van der Waals surface area contributed by atoms with Crippen LogP contribution in [0.1, 0.15) is 29.1 Å². The van der Waals surface area contributed by atoms with Gasteiger partial charge >= 0.3 is 17.6 Å². The van der Waals surface area contributed by atoms with E-state index in [0.717, 1.165) is 4.47 Å². The van der Waals surface area contributed by atoms with Crippen LogP contribution in [0.3, 0.4) is 0 Å². The van der Waals surface area contributed by atoms with E-state index in [0.29, 0.717) is 11.4 Å². The number of hydrogen-bond acceptors (Lipinski definition) is 9. The Labute approximate surface area is 195 Å². The van der Waals surface area contributed by atoms with Crippen LogP contribution in [0.25, 0.3) is 0 Å². The molecule has 0 saturated carbocycles. The molecule has 0 spiro atoms. The third-order valence-corrected chi connectivity index (χ3v) is 4.79. The number of nitrogens with zero attached hydrogens (tertiary/aromatic N) is 5. The van der Waals surface area contributed by atoms with Crippen LogP contribution >= 0.6 is 15.9 Å². The lowest BCUT2D eigenvalue weighted by Gasteiger charge is -2.15. The van der Waals surface area contributed by atoms with E-state index in [4.69, 9.17) is 9.26 Å². The maximum atomic E-state index is 12.2. The van der Waals surface area contributed by atoms with Gasteiger partial charge in [0.2, 0.25) is 0 Å². The Morgan fingerprint density at radius 3 is 2.76 bits per heavy atom. The number of rotatable bonds is 10. The molecule has 14 heteroatoms. The van der Waals surface area contributed by atoms with Crippen molar-refractivity contribution in [2.75, 3.05) is 13.1 Å². The monoisotopic (exact) mass is 521 g/mol. The lowest BCUT2D eigenvalue weighted by molar-refractivity contribution is -0.389. The summed E-state index contributed by atoms with van der Waals surface area (Å²) < 4.78 is 12.7. The van der Waals surface area contributed by atoms with E-state index in [1.807, 2.05) is 6.07 Å². The standard InChI is InChI=1S/C19H20BrN7O6/c1-11-8-16(27(30)31)24-26(11)10-15-23-19(33-25-15)18(29)22-7-6-21-17(28)12(2)32-14-5-3-4-13(20)9-14/h3-5,8-9,12H,6-7,10H2,1-2H3,(H,21,28)(H,22,29). The Bertz CT molecular complexity index is 1160. The minimum absolute atomic E-state index is 0.00237. The van der Waals surface area contributed by atoms with E-state index in [2.05, 4.69) is 41.8 Å². The molecule has 0 fully saturated rings. The predicted octanol–water partition coefficient (Wildman–Crippen LogP) is 1.61. The number of nitrogens with one attached hydrogen (secondary N) is 2. The van der Waals surface area contributed by atoms with E-state index in [1.165, 1.54) is 10.7 Å². The number of amides is 2. The minimum Gasteiger partial charge on any atom is -0.481 e. The summed E-state index contributed by atoms with van der Waals surface area (Å²) in [6, 6.07) is 8.44. The molecule has 174 valence electrons. The van der Waals surface area contributed by atoms with Gasteiger partial charge in [-0.2, -0.15) is 9.67 Å². The highest BCUT2D eigenvalue weighted by atomic mass is 79.9. The molecule has 2 amide bonds. The molecule has 2 heterocycles. The van der Waals surface area contributed by atoms with Gasteiger partial charge in [-0.3, -0.25) is 9.59 Å². The van der Waals surface area contributed by atoms with Crippen LogP contribution in [0.4, 0.5) is 5.82 Å². The van der Waals surface area contributed by atoms with Gasteiger partial charge in [0.05, 0.1) is 16.9 Å². The van der Waals surface area contributed by atoms with Crippen molar-refractivity contribution in [1.29, 1.82) is 0 Å². The molecule has 2 aromatic heterocycles. The minimum atomic E-state index is -0.727. The summed E-state index contributed by atoms with van der Waals surface area (Å²) in [5.74, 6) is -0.854. The fourth-order valence-electron chi connectivity index (χ4n) is 2.67. The number of carbonyl (C=O) groups excluding carboxylic acids is 2. The van der Waals surface area contributed by atoms with Crippen molar-refractivity contribution < 1.29 is 23.8 Å². The number of benzene rings is 1. The molecule has 1 aromatic carbocycles. The molecular weight excluding hydrogens is 502 g/mol. The van der Waals surface area contributed by atoms with E-state index >= 15 is 0 Å². The molecule has 0 bridgehead atoms. The largest absolute Gasteiger partial charge is 0.481 e. The molecule has 1 unspecified atom stereocenters. The van der Waals surface area contributed by atoms with E-state index in [9.17, 15) is 19.7 Å². The number of ether oxygens (including phenoxy) is 1. The Kier molecular flexibility index (Phi) is 7.71. The summed E-state index contributed by atoms with van der Waals surface area (Å²) in [6.45, 7) is 3.55.